The smallest absolute Gasteiger partial charge is 0.338 e. The molecule has 1 aliphatic carbocycles. The average molecular weight is 363 g/mol. The summed E-state index contributed by atoms with van der Waals surface area (Å²) in [6.07, 6.45) is -2.84. The quantitative estimate of drug-likeness (QED) is 0.283. The molecule has 0 spiro atoms. The van der Waals surface area contributed by atoms with E-state index >= 15 is 0 Å². The van der Waals surface area contributed by atoms with E-state index in [1.165, 1.54) is 6.92 Å². The molecule has 1 aromatic carbocycles. The Balaban J connectivity index is 1.81. The summed E-state index contributed by atoms with van der Waals surface area (Å²) in [5.41, 5.74) is 9.08. The highest BCUT2D eigenvalue weighted by molar-refractivity contribution is 7.80. The van der Waals surface area contributed by atoms with Gasteiger partial charge in [-0.25, -0.2) is 4.79 Å². The third-order valence-electron chi connectivity index (χ3n) is 4.40. The molecule has 0 radical (unpaired) electrons. The molecule has 1 saturated carbocycles. The number of benzene rings is 1. The number of aryl methyl sites for hydroxylation is 1. The van der Waals surface area contributed by atoms with E-state index in [1.54, 1.807) is 24.3 Å². The molecule has 1 heterocycles. The van der Waals surface area contributed by atoms with Crippen molar-refractivity contribution in [3.05, 3.63) is 45.8 Å². The van der Waals surface area contributed by atoms with Crippen LogP contribution >= 0.6 is 12.6 Å². The highest BCUT2D eigenvalue weighted by atomic mass is 32.1. The molecule has 2 fully saturated rings. The van der Waals surface area contributed by atoms with E-state index in [-0.39, 0.29) is 5.75 Å². The number of rotatable bonds is 5. The molecule has 1 saturated heterocycles. The summed E-state index contributed by atoms with van der Waals surface area (Å²) in [6.45, 7) is 3.16. The SMILES string of the molecule is CC(=O)O[C@H]1C(CS)O[C@@H]2C(OC(=O)c3ccc(C)cc3)C21N=[N+]=[N-]. The number of esters is 2. The molecule has 0 aromatic heterocycles. The van der Waals surface area contributed by atoms with E-state index in [2.05, 4.69) is 22.7 Å². The molecule has 0 N–H and O–H groups in total. The van der Waals surface area contributed by atoms with E-state index < -0.39 is 41.9 Å². The Hall–Kier alpha value is -2.22. The lowest BCUT2D eigenvalue weighted by Gasteiger charge is -2.25. The van der Waals surface area contributed by atoms with Crippen LogP contribution in [0.3, 0.4) is 0 Å². The third-order valence-corrected chi connectivity index (χ3v) is 4.76. The van der Waals surface area contributed by atoms with Gasteiger partial charge in [0, 0.05) is 17.6 Å². The molecule has 8 nitrogen and oxygen atoms in total. The predicted molar refractivity (Wildman–Crippen MR) is 90.3 cm³/mol. The minimum atomic E-state index is -1.24. The van der Waals surface area contributed by atoms with Crippen LogP contribution in [0.4, 0.5) is 0 Å². The van der Waals surface area contributed by atoms with Crippen molar-refractivity contribution in [3.63, 3.8) is 0 Å². The molecule has 1 aromatic rings. The number of hydrogen-bond donors (Lipinski definition) is 1. The van der Waals surface area contributed by atoms with Crippen molar-refractivity contribution in [3.8, 4) is 0 Å². The number of fused-ring (bicyclic) bond motifs is 1. The van der Waals surface area contributed by atoms with E-state index in [1.807, 2.05) is 6.92 Å². The Morgan fingerprint density at radius 3 is 2.56 bits per heavy atom. The minimum absolute atomic E-state index is 0.274. The van der Waals surface area contributed by atoms with Gasteiger partial charge in [-0.3, -0.25) is 4.79 Å². The molecule has 3 unspecified atom stereocenters. The van der Waals surface area contributed by atoms with Gasteiger partial charge in [0.25, 0.3) is 0 Å². The number of carbonyl (C=O) groups is 2. The lowest BCUT2D eigenvalue weighted by atomic mass is 10.1. The van der Waals surface area contributed by atoms with Gasteiger partial charge in [0.2, 0.25) is 0 Å². The standard InChI is InChI=1S/C16H17N3O5S/c1-8-3-5-10(6-4-8)15(21)24-14-13-16(14,18-19-17)12(22-9(2)20)11(7-25)23-13/h3-6,11-14,25H,7H2,1-2H3/t11?,12-,13+,14?,16?/m0/s1. The Morgan fingerprint density at radius 2 is 2.00 bits per heavy atom. The van der Waals surface area contributed by atoms with Gasteiger partial charge < -0.3 is 14.2 Å². The van der Waals surface area contributed by atoms with Gasteiger partial charge in [-0.2, -0.15) is 12.6 Å². The summed E-state index contributed by atoms with van der Waals surface area (Å²) in [5, 5.41) is 3.77. The zero-order valence-electron chi connectivity index (χ0n) is 13.7. The van der Waals surface area contributed by atoms with Crippen LogP contribution in [0.1, 0.15) is 22.8 Å². The number of azide groups is 1. The van der Waals surface area contributed by atoms with Gasteiger partial charge in [0.1, 0.15) is 24.4 Å². The summed E-state index contributed by atoms with van der Waals surface area (Å²) in [4.78, 5) is 26.6. The van der Waals surface area contributed by atoms with Crippen LogP contribution in [0.25, 0.3) is 10.4 Å². The van der Waals surface area contributed by atoms with E-state index in [0.717, 1.165) is 5.56 Å². The first-order valence-electron chi connectivity index (χ1n) is 7.71. The minimum Gasteiger partial charge on any atom is -0.459 e. The van der Waals surface area contributed by atoms with Crippen molar-refractivity contribution in [1.29, 1.82) is 0 Å². The first kappa shape index (κ1) is 17.6. The summed E-state index contributed by atoms with van der Waals surface area (Å²) in [6, 6.07) is 6.89. The summed E-state index contributed by atoms with van der Waals surface area (Å²) < 4.78 is 16.5. The molecule has 9 heteroatoms. The molecule has 25 heavy (non-hydrogen) atoms. The van der Waals surface area contributed by atoms with Crippen LogP contribution in [-0.4, -0.2) is 47.6 Å². The fourth-order valence-corrected chi connectivity index (χ4v) is 3.44. The first-order chi connectivity index (χ1) is 11.9. The van der Waals surface area contributed by atoms with Gasteiger partial charge in [-0.15, -0.1) is 0 Å². The zero-order valence-corrected chi connectivity index (χ0v) is 14.6. The van der Waals surface area contributed by atoms with Crippen molar-refractivity contribution >= 4 is 24.6 Å². The van der Waals surface area contributed by atoms with Crippen molar-refractivity contribution in [1.82, 2.24) is 0 Å². The van der Waals surface area contributed by atoms with Gasteiger partial charge in [0.15, 0.2) is 5.54 Å². The van der Waals surface area contributed by atoms with Gasteiger partial charge in [-0.05, 0) is 24.6 Å². The summed E-state index contributed by atoms with van der Waals surface area (Å²) >= 11 is 4.17. The molecule has 132 valence electrons. The van der Waals surface area contributed by atoms with Crippen molar-refractivity contribution in [2.75, 3.05) is 5.75 Å². The third kappa shape index (κ3) is 2.95. The second-order valence-corrected chi connectivity index (χ2v) is 6.44. The molecule has 5 atom stereocenters. The Morgan fingerprint density at radius 1 is 1.32 bits per heavy atom. The second kappa shape index (κ2) is 6.59. The molecular formula is C16H17N3O5S. The Labute approximate surface area is 149 Å². The van der Waals surface area contributed by atoms with Crippen LogP contribution in [0.5, 0.6) is 0 Å². The largest absolute Gasteiger partial charge is 0.459 e. The number of hydrogen-bond acceptors (Lipinski definition) is 7. The first-order valence-corrected chi connectivity index (χ1v) is 8.34. The Kier molecular flexibility index (Phi) is 4.64. The van der Waals surface area contributed by atoms with Crippen molar-refractivity contribution < 1.29 is 23.8 Å². The number of nitrogens with zero attached hydrogens (tertiary/aromatic N) is 3. The van der Waals surface area contributed by atoms with E-state index in [9.17, 15) is 9.59 Å². The highest BCUT2D eigenvalue weighted by Gasteiger charge is 2.80. The van der Waals surface area contributed by atoms with Gasteiger partial charge in [0.05, 0.1) is 5.56 Å². The van der Waals surface area contributed by atoms with Crippen LogP contribution < -0.4 is 0 Å². The topological polar surface area (TPSA) is 111 Å². The van der Waals surface area contributed by atoms with Crippen molar-refractivity contribution in [2.24, 2.45) is 5.11 Å². The normalized spacial score (nSPS) is 32.3. The lowest BCUT2D eigenvalue weighted by molar-refractivity contribution is -0.152. The van der Waals surface area contributed by atoms with Gasteiger partial charge in [-0.1, -0.05) is 22.8 Å². The van der Waals surface area contributed by atoms with E-state index in [4.69, 9.17) is 19.7 Å². The fourth-order valence-electron chi connectivity index (χ4n) is 3.16. The van der Waals surface area contributed by atoms with Crippen LogP contribution in [-0.2, 0) is 19.0 Å². The molecule has 2 aliphatic rings. The number of carbonyl (C=O) groups excluding carboxylic acids is 2. The molecule has 0 amide bonds. The number of ether oxygens (including phenoxy) is 3. The van der Waals surface area contributed by atoms with Gasteiger partial charge >= 0.3 is 11.9 Å². The van der Waals surface area contributed by atoms with Crippen LogP contribution in [0.2, 0.25) is 0 Å². The zero-order chi connectivity index (χ0) is 18.2. The fraction of sp³-hybridized carbons (Fsp3) is 0.500. The maximum atomic E-state index is 12.3. The summed E-state index contributed by atoms with van der Waals surface area (Å²) in [5.74, 6) is -0.820. The average Bonchev–Trinajstić information content (AvgIpc) is 3.03. The molecule has 3 rings (SSSR count). The summed E-state index contributed by atoms with van der Waals surface area (Å²) in [7, 11) is 0. The van der Waals surface area contributed by atoms with Crippen molar-refractivity contribution in [2.45, 2.75) is 43.8 Å². The maximum absolute atomic E-state index is 12.3. The molecule has 1 aliphatic heterocycles. The van der Waals surface area contributed by atoms with E-state index in [0.29, 0.717) is 5.56 Å². The second-order valence-electron chi connectivity index (χ2n) is 6.08. The number of thiol groups is 1. The monoisotopic (exact) mass is 363 g/mol. The molecule has 0 bridgehead atoms. The lowest BCUT2D eigenvalue weighted by Crippen LogP contribution is -2.42. The predicted octanol–water partition coefficient (Wildman–Crippen LogP) is 2.21. The van der Waals surface area contributed by atoms with Crippen LogP contribution in [0, 0.1) is 6.92 Å². The molecular weight excluding hydrogens is 346 g/mol. The Bertz CT molecular complexity index is 749. The maximum Gasteiger partial charge on any atom is 0.338 e. The highest BCUT2D eigenvalue weighted by Crippen LogP contribution is 2.56. The van der Waals surface area contributed by atoms with Crippen LogP contribution in [0.15, 0.2) is 29.4 Å².